The van der Waals surface area contributed by atoms with E-state index in [1.165, 1.54) is 97.9 Å². The Bertz CT molecular complexity index is 2540. The highest BCUT2D eigenvalue weighted by atomic mass is 32.3. The maximum Gasteiger partial charge on any atom is 0.255 e. The lowest BCUT2D eigenvalue weighted by Gasteiger charge is -2.54. The highest BCUT2D eigenvalue weighted by molar-refractivity contribution is 8.34. The summed E-state index contributed by atoms with van der Waals surface area (Å²) in [5.74, 6) is 0. The van der Waals surface area contributed by atoms with Crippen LogP contribution in [0.2, 0.25) is 0 Å². The Hall–Kier alpha value is -5.45. The highest BCUT2D eigenvalue weighted by Crippen LogP contribution is 2.75. The van der Waals surface area contributed by atoms with Gasteiger partial charge in [0, 0.05) is 43.9 Å². The minimum atomic E-state index is -1.97. The largest absolute Gasteiger partial charge is 0.311 e. The van der Waals surface area contributed by atoms with Crippen LogP contribution in [0.15, 0.2) is 165 Å². The van der Waals surface area contributed by atoms with Gasteiger partial charge in [0.25, 0.3) is 6.71 Å². The van der Waals surface area contributed by atoms with Crippen LogP contribution < -0.4 is 26.2 Å². The molecule has 0 aromatic heterocycles. The molecule has 0 unspecified atom stereocenters. The quantitative estimate of drug-likeness (QED) is 0.165. The summed E-state index contributed by atoms with van der Waals surface area (Å²) in [5.41, 5.74) is 18.5. The zero-order valence-electron chi connectivity index (χ0n) is 34.7. The normalized spacial score (nSPS) is 15.4. The van der Waals surface area contributed by atoms with Gasteiger partial charge in [-0.15, -0.1) is 10.0 Å². The number of hydrogen-bond donors (Lipinski definition) is 0. The summed E-state index contributed by atoms with van der Waals surface area (Å²) >= 11 is 0. The van der Waals surface area contributed by atoms with E-state index in [1.807, 2.05) is 0 Å². The molecule has 2 nitrogen and oxygen atoms in total. The Kier molecular flexibility index (Phi) is 7.90. The van der Waals surface area contributed by atoms with Gasteiger partial charge in [-0.25, -0.2) is 0 Å². The Balaban J connectivity index is 1.39. The van der Waals surface area contributed by atoms with Gasteiger partial charge in [0.1, 0.15) is 0 Å². The first-order valence-corrected chi connectivity index (χ1v) is 22.1. The second-order valence-corrected chi connectivity index (χ2v) is 21.6. The summed E-state index contributed by atoms with van der Waals surface area (Å²) in [6.07, 6.45) is 0. The molecule has 0 fully saturated rings. The van der Waals surface area contributed by atoms with Crippen LogP contribution in [0, 0.1) is 20.8 Å². The topological polar surface area (TPSA) is 6.48 Å². The van der Waals surface area contributed by atoms with Gasteiger partial charge in [-0.3, -0.25) is 0 Å². The molecule has 0 atom stereocenters. The van der Waals surface area contributed by atoms with E-state index < -0.39 is 10.0 Å². The van der Waals surface area contributed by atoms with E-state index >= 15 is 0 Å². The van der Waals surface area contributed by atoms with Crippen molar-refractivity contribution in [1.29, 1.82) is 0 Å². The van der Waals surface area contributed by atoms with Gasteiger partial charge in [0.15, 0.2) is 0 Å². The Labute approximate surface area is 341 Å². The molecule has 0 saturated heterocycles. The number of benzene rings is 7. The van der Waals surface area contributed by atoms with Crippen LogP contribution in [0.5, 0.6) is 0 Å². The van der Waals surface area contributed by atoms with E-state index in [-0.39, 0.29) is 17.5 Å². The Morgan fingerprint density at radius 1 is 0.404 bits per heavy atom. The van der Waals surface area contributed by atoms with Crippen LogP contribution in [0.3, 0.4) is 0 Å². The van der Waals surface area contributed by atoms with Crippen LogP contribution in [0.4, 0.5) is 34.1 Å². The highest BCUT2D eigenvalue weighted by Gasteiger charge is 2.53. The Morgan fingerprint density at radius 2 is 0.737 bits per heavy atom. The molecular weight excluding hydrogens is 707 g/mol. The van der Waals surface area contributed by atoms with Crippen molar-refractivity contribution >= 4 is 67.3 Å². The standard InChI is InChI=1S/C53H51BN2S/c1-34-28-43-49-44(29-34)56(40-26-22-38(23-27-40)53(7,8)9)46-31-36(3)33-48-51(46)54(49)50-45(55(43)39-24-20-37(21-25-39)52(4,5)6)30-35(2)32-47(50)57(48,41-16-12-10-13-17-41)42-18-14-11-15-19-42/h10-33H,1-9H3. The van der Waals surface area contributed by atoms with E-state index in [0.29, 0.717) is 0 Å². The first-order chi connectivity index (χ1) is 27.3. The zero-order valence-corrected chi connectivity index (χ0v) is 35.6. The van der Waals surface area contributed by atoms with Crippen LogP contribution in [-0.4, -0.2) is 6.71 Å². The van der Waals surface area contributed by atoms with Gasteiger partial charge in [-0.05, 0) is 171 Å². The molecule has 7 aromatic carbocycles. The monoisotopic (exact) mass is 758 g/mol. The molecule has 0 spiro atoms. The molecule has 4 heteroatoms. The molecule has 0 radical (unpaired) electrons. The molecule has 3 aliphatic rings. The van der Waals surface area contributed by atoms with Crippen molar-refractivity contribution in [2.24, 2.45) is 0 Å². The van der Waals surface area contributed by atoms with Crippen molar-refractivity contribution in [3.63, 3.8) is 0 Å². The fourth-order valence-corrected chi connectivity index (χ4v) is 14.3. The van der Waals surface area contributed by atoms with Gasteiger partial charge >= 0.3 is 0 Å². The van der Waals surface area contributed by atoms with Crippen molar-refractivity contribution in [2.45, 2.75) is 92.7 Å². The molecule has 7 aromatic rings. The molecule has 0 aliphatic carbocycles. The molecular formula is C53H51BN2S. The average molecular weight is 759 g/mol. The third-order valence-electron chi connectivity index (χ3n) is 12.5. The van der Waals surface area contributed by atoms with Crippen molar-refractivity contribution in [1.82, 2.24) is 0 Å². The first-order valence-electron chi connectivity index (χ1n) is 20.5. The SMILES string of the molecule is Cc1cc2c3c(c1)N(c1ccc(C(C)(C)C)cc1)c1cc(C)cc4c1B3c1c(cc(C)cc1S4(c1ccccc1)c1ccccc1)N2c1ccc(C(C)(C)C)cc1. The lowest BCUT2D eigenvalue weighted by atomic mass is 9.33. The minimum Gasteiger partial charge on any atom is -0.311 e. The van der Waals surface area contributed by atoms with E-state index in [0.717, 1.165) is 0 Å². The number of rotatable bonds is 4. The number of hydrogen-bond acceptors (Lipinski definition) is 2. The maximum atomic E-state index is 2.60. The average Bonchev–Trinajstić information content (AvgIpc) is 3.18. The van der Waals surface area contributed by atoms with Crippen molar-refractivity contribution in [2.75, 3.05) is 9.80 Å². The van der Waals surface area contributed by atoms with Gasteiger partial charge < -0.3 is 9.80 Å². The molecule has 0 saturated carbocycles. The van der Waals surface area contributed by atoms with Crippen molar-refractivity contribution in [3.05, 3.63) is 173 Å². The molecule has 10 rings (SSSR count). The summed E-state index contributed by atoms with van der Waals surface area (Å²) in [6, 6.07) is 56.6. The van der Waals surface area contributed by atoms with E-state index in [9.17, 15) is 0 Å². The molecule has 0 amide bonds. The van der Waals surface area contributed by atoms with E-state index in [2.05, 4.69) is 218 Å². The molecule has 0 N–H and O–H groups in total. The fraction of sp³-hybridized carbons (Fsp3) is 0.208. The summed E-state index contributed by atoms with van der Waals surface area (Å²) in [5, 5.41) is 0. The summed E-state index contributed by atoms with van der Waals surface area (Å²) in [7, 11) is -1.97. The van der Waals surface area contributed by atoms with Crippen LogP contribution in [0.25, 0.3) is 0 Å². The minimum absolute atomic E-state index is 0.0616. The van der Waals surface area contributed by atoms with Gasteiger partial charge in [0.05, 0.1) is 0 Å². The molecule has 282 valence electrons. The molecule has 3 aliphatic heterocycles. The number of aryl methyl sites for hydroxylation is 3. The van der Waals surface area contributed by atoms with Crippen molar-refractivity contribution < 1.29 is 0 Å². The molecule has 0 bridgehead atoms. The van der Waals surface area contributed by atoms with Gasteiger partial charge in [-0.2, -0.15) is 0 Å². The maximum absolute atomic E-state index is 2.60. The first kappa shape index (κ1) is 35.9. The lowest BCUT2D eigenvalue weighted by Crippen LogP contribution is -2.65. The van der Waals surface area contributed by atoms with E-state index in [4.69, 9.17) is 0 Å². The third kappa shape index (κ3) is 5.26. The molecule has 57 heavy (non-hydrogen) atoms. The second-order valence-electron chi connectivity index (χ2n) is 18.5. The van der Waals surface area contributed by atoms with Crippen molar-refractivity contribution in [3.8, 4) is 0 Å². The van der Waals surface area contributed by atoms with Crippen LogP contribution in [-0.2, 0) is 10.8 Å². The predicted octanol–water partition coefficient (Wildman–Crippen LogP) is 12.9. The van der Waals surface area contributed by atoms with Crippen LogP contribution in [0.1, 0.15) is 69.4 Å². The Morgan fingerprint density at radius 3 is 1.09 bits per heavy atom. The van der Waals surface area contributed by atoms with E-state index in [1.54, 1.807) is 0 Å². The van der Waals surface area contributed by atoms with Crippen LogP contribution >= 0.6 is 10.0 Å². The summed E-state index contributed by atoms with van der Waals surface area (Å²) < 4.78 is 0. The summed E-state index contributed by atoms with van der Waals surface area (Å²) in [6.45, 7) is 20.8. The smallest absolute Gasteiger partial charge is 0.255 e. The summed E-state index contributed by atoms with van der Waals surface area (Å²) in [4.78, 5) is 10.9. The predicted molar refractivity (Wildman–Crippen MR) is 246 cm³/mol. The van der Waals surface area contributed by atoms with Gasteiger partial charge in [0.2, 0.25) is 0 Å². The number of nitrogens with zero attached hydrogens (tertiary/aromatic N) is 2. The lowest BCUT2D eigenvalue weighted by molar-refractivity contribution is 0.590. The van der Waals surface area contributed by atoms with Gasteiger partial charge in [-0.1, -0.05) is 102 Å². The molecule has 3 heterocycles. The second kappa shape index (κ2) is 12.5. The fourth-order valence-electron chi connectivity index (χ4n) is 9.86. The third-order valence-corrected chi connectivity index (χ3v) is 16.4. The zero-order chi connectivity index (χ0) is 39.6. The number of anilines is 6.